The van der Waals surface area contributed by atoms with E-state index < -0.39 is 0 Å². The second-order valence-corrected chi connectivity index (χ2v) is 5.25. The predicted molar refractivity (Wildman–Crippen MR) is 80.4 cm³/mol. The lowest BCUT2D eigenvalue weighted by Gasteiger charge is -2.17. The standard InChI is InChI=1S/C15H21NO2S/c1-3-16(4-2)15(18)12-19-11-14(17)10-13-8-6-5-7-9-13/h5-9H,3-4,10-12H2,1-2H3. The largest absolute Gasteiger partial charge is 0.343 e. The summed E-state index contributed by atoms with van der Waals surface area (Å²) < 4.78 is 0. The van der Waals surface area contributed by atoms with Gasteiger partial charge in [0.2, 0.25) is 5.91 Å². The van der Waals surface area contributed by atoms with Crippen LogP contribution in [0.2, 0.25) is 0 Å². The third kappa shape index (κ3) is 5.92. The highest BCUT2D eigenvalue weighted by Crippen LogP contribution is 2.07. The molecule has 0 aliphatic carbocycles. The van der Waals surface area contributed by atoms with Crippen molar-refractivity contribution in [3.63, 3.8) is 0 Å². The molecular formula is C15H21NO2S. The van der Waals surface area contributed by atoms with Crippen molar-refractivity contribution in [2.24, 2.45) is 0 Å². The van der Waals surface area contributed by atoms with Gasteiger partial charge in [0.25, 0.3) is 0 Å². The van der Waals surface area contributed by atoms with Crippen LogP contribution < -0.4 is 0 Å². The molecular weight excluding hydrogens is 258 g/mol. The topological polar surface area (TPSA) is 37.4 Å². The number of rotatable bonds is 8. The Hall–Kier alpha value is -1.29. The van der Waals surface area contributed by atoms with Crippen LogP contribution in [0, 0.1) is 0 Å². The predicted octanol–water partition coefficient (Wildman–Crippen LogP) is 2.40. The number of hydrogen-bond donors (Lipinski definition) is 0. The molecule has 104 valence electrons. The summed E-state index contributed by atoms with van der Waals surface area (Å²) in [4.78, 5) is 25.3. The Morgan fingerprint density at radius 1 is 1.05 bits per heavy atom. The minimum atomic E-state index is 0.113. The van der Waals surface area contributed by atoms with Gasteiger partial charge in [0.15, 0.2) is 0 Å². The van der Waals surface area contributed by atoms with E-state index in [2.05, 4.69) is 0 Å². The molecule has 1 aromatic carbocycles. The van der Waals surface area contributed by atoms with Crippen LogP contribution in [0.3, 0.4) is 0 Å². The van der Waals surface area contributed by atoms with Crippen molar-refractivity contribution in [1.82, 2.24) is 4.90 Å². The molecule has 0 aliphatic heterocycles. The second kappa shape index (κ2) is 8.75. The minimum absolute atomic E-state index is 0.113. The van der Waals surface area contributed by atoms with Crippen LogP contribution in [-0.4, -0.2) is 41.2 Å². The average Bonchev–Trinajstić information content (AvgIpc) is 2.41. The summed E-state index contributed by atoms with van der Waals surface area (Å²) in [6, 6.07) is 9.69. The Bertz CT molecular complexity index is 402. The maximum atomic E-state index is 11.8. The van der Waals surface area contributed by atoms with Crippen molar-refractivity contribution in [1.29, 1.82) is 0 Å². The monoisotopic (exact) mass is 279 g/mol. The van der Waals surface area contributed by atoms with Gasteiger partial charge in [0.1, 0.15) is 5.78 Å². The third-order valence-electron chi connectivity index (χ3n) is 2.85. The van der Waals surface area contributed by atoms with Crippen LogP contribution in [0.5, 0.6) is 0 Å². The molecule has 0 saturated carbocycles. The summed E-state index contributed by atoms with van der Waals surface area (Å²) in [6.45, 7) is 5.39. The van der Waals surface area contributed by atoms with E-state index in [0.29, 0.717) is 17.9 Å². The minimum Gasteiger partial charge on any atom is -0.343 e. The Labute approximate surface area is 119 Å². The molecule has 1 amide bonds. The lowest BCUT2D eigenvalue weighted by molar-refractivity contribution is -0.127. The fraction of sp³-hybridized carbons (Fsp3) is 0.467. The molecule has 19 heavy (non-hydrogen) atoms. The van der Waals surface area contributed by atoms with E-state index in [1.807, 2.05) is 44.2 Å². The van der Waals surface area contributed by atoms with Crippen molar-refractivity contribution in [3.8, 4) is 0 Å². The number of benzene rings is 1. The number of carbonyl (C=O) groups excluding carboxylic acids is 2. The highest BCUT2D eigenvalue weighted by Gasteiger charge is 2.10. The molecule has 4 heteroatoms. The first-order chi connectivity index (χ1) is 9.17. The SMILES string of the molecule is CCN(CC)C(=O)CSCC(=O)Cc1ccccc1. The van der Waals surface area contributed by atoms with Gasteiger partial charge in [-0.05, 0) is 19.4 Å². The van der Waals surface area contributed by atoms with E-state index in [-0.39, 0.29) is 11.7 Å². The molecule has 0 aliphatic rings. The number of Topliss-reactive ketones (excluding diaryl/α,β-unsaturated/α-hetero) is 1. The van der Waals surface area contributed by atoms with Crippen molar-refractivity contribution in [2.75, 3.05) is 24.6 Å². The van der Waals surface area contributed by atoms with Gasteiger partial charge in [-0.25, -0.2) is 0 Å². The number of nitrogens with zero attached hydrogens (tertiary/aromatic N) is 1. The molecule has 0 fully saturated rings. The van der Waals surface area contributed by atoms with Gasteiger partial charge in [-0.15, -0.1) is 11.8 Å². The highest BCUT2D eigenvalue weighted by molar-refractivity contribution is 8.00. The first kappa shape index (κ1) is 15.8. The second-order valence-electron chi connectivity index (χ2n) is 4.26. The maximum Gasteiger partial charge on any atom is 0.232 e. The molecule has 0 unspecified atom stereocenters. The summed E-state index contributed by atoms with van der Waals surface area (Å²) >= 11 is 1.41. The van der Waals surface area contributed by atoms with E-state index >= 15 is 0 Å². The first-order valence-electron chi connectivity index (χ1n) is 6.58. The van der Waals surface area contributed by atoms with E-state index in [9.17, 15) is 9.59 Å². The zero-order valence-electron chi connectivity index (χ0n) is 11.6. The molecule has 0 spiro atoms. The molecule has 3 nitrogen and oxygen atoms in total. The molecule has 1 rings (SSSR count). The lowest BCUT2D eigenvalue weighted by atomic mass is 10.1. The molecule has 0 heterocycles. The fourth-order valence-electron chi connectivity index (χ4n) is 1.79. The zero-order valence-corrected chi connectivity index (χ0v) is 12.4. The molecule has 0 aromatic heterocycles. The lowest BCUT2D eigenvalue weighted by Crippen LogP contribution is -2.32. The van der Waals surface area contributed by atoms with Gasteiger partial charge >= 0.3 is 0 Å². The normalized spacial score (nSPS) is 10.2. The average molecular weight is 279 g/mol. The van der Waals surface area contributed by atoms with Crippen LogP contribution in [0.25, 0.3) is 0 Å². The van der Waals surface area contributed by atoms with Crippen molar-refractivity contribution < 1.29 is 9.59 Å². The molecule has 1 aromatic rings. The molecule has 0 saturated heterocycles. The van der Waals surface area contributed by atoms with Crippen molar-refractivity contribution in [3.05, 3.63) is 35.9 Å². The Kier molecular flexibility index (Phi) is 7.26. The first-order valence-corrected chi connectivity index (χ1v) is 7.74. The highest BCUT2D eigenvalue weighted by atomic mass is 32.2. The number of ketones is 1. The number of amides is 1. The Balaban J connectivity index is 2.26. The van der Waals surface area contributed by atoms with E-state index in [4.69, 9.17) is 0 Å². The van der Waals surface area contributed by atoms with Gasteiger partial charge < -0.3 is 4.90 Å². The molecule has 0 radical (unpaired) electrons. The summed E-state index contributed by atoms with van der Waals surface area (Å²) in [5, 5.41) is 0. The summed E-state index contributed by atoms with van der Waals surface area (Å²) in [6.07, 6.45) is 0.452. The summed E-state index contributed by atoms with van der Waals surface area (Å²) in [5.74, 6) is 1.08. The quantitative estimate of drug-likeness (QED) is 0.733. The van der Waals surface area contributed by atoms with Gasteiger partial charge in [-0.3, -0.25) is 9.59 Å². The van der Waals surface area contributed by atoms with Crippen LogP contribution >= 0.6 is 11.8 Å². The zero-order chi connectivity index (χ0) is 14.1. The van der Waals surface area contributed by atoms with Gasteiger partial charge in [-0.2, -0.15) is 0 Å². The maximum absolute atomic E-state index is 11.8. The van der Waals surface area contributed by atoms with Gasteiger partial charge in [-0.1, -0.05) is 30.3 Å². The van der Waals surface area contributed by atoms with Gasteiger partial charge in [0, 0.05) is 19.5 Å². The summed E-state index contributed by atoms with van der Waals surface area (Å²) in [5.41, 5.74) is 1.03. The Morgan fingerprint density at radius 2 is 1.68 bits per heavy atom. The van der Waals surface area contributed by atoms with Crippen LogP contribution in [0.15, 0.2) is 30.3 Å². The van der Waals surface area contributed by atoms with Crippen molar-refractivity contribution in [2.45, 2.75) is 20.3 Å². The van der Waals surface area contributed by atoms with Crippen LogP contribution in [0.1, 0.15) is 19.4 Å². The summed E-state index contributed by atoms with van der Waals surface area (Å²) in [7, 11) is 0. The number of thioether (sulfide) groups is 1. The number of hydrogen-bond acceptors (Lipinski definition) is 3. The van der Waals surface area contributed by atoms with E-state index in [1.165, 1.54) is 11.8 Å². The van der Waals surface area contributed by atoms with Gasteiger partial charge in [0.05, 0.1) is 11.5 Å². The van der Waals surface area contributed by atoms with Crippen molar-refractivity contribution >= 4 is 23.5 Å². The molecule has 0 bridgehead atoms. The molecule has 0 N–H and O–H groups in total. The third-order valence-corrected chi connectivity index (χ3v) is 3.83. The van der Waals surface area contributed by atoms with Crippen LogP contribution in [0.4, 0.5) is 0 Å². The Morgan fingerprint density at radius 3 is 2.26 bits per heavy atom. The molecule has 0 atom stereocenters. The van der Waals surface area contributed by atoms with E-state index in [1.54, 1.807) is 4.90 Å². The smallest absolute Gasteiger partial charge is 0.232 e. The van der Waals surface area contributed by atoms with Crippen LogP contribution in [-0.2, 0) is 16.0 Å². The number of carbonyl (C=O) groups is 2. The van der Waals surface area contributed by atoms with E-state index in [0.717, 1.165) is 18.7 Å². The fourth-order valence-corrected chi connectivity index (χ4v) is 2.58.